The number of hydrogen-bond donors (Lipinski definition) is 0. The zero-order chi connectivity index (χ0) is 15.6. The third-order valence-corrected chi connectivity index (χ3v) is 3.92. The fourth-order valence-electron chi connectivity index (χ4n) is 2.86. The van der Waals surface area contributed by atoms with Crippen molar-refractivity contribution in [2.75, 3.05) is 0 Å². The van der Waals surface area contributed by atoms with Crippen LogP contribution in [0.15, 0.2) is 73.1 Å². The molecule has 0 amide bonds. The van der Waals surface area contributed by atoms with Crippen LogP contribution < -0.4 is 0 Å². The first kappa shape index (κ1) is 14.5. The van der Waals surface area contributed by atoms with E-state index >= 15 is 0 Å². The second-order valence-electron chi connectivity index (χ2n) is 6.58. The molecule has 110 valence electrons. The van der Waals surface area contributed by atoms with Crippen molar-refractivity contribution < 1.29 is 0 Å². The average Bonchev–Trinajstić information content (AvgIpc) is 2.55. The SMILES string of the molecule is CC(C)(C)c1ccccc1-c1ccccc1-c1cccnc1. The fraction of sp³-hybridized carbons (Fsp3) is 0.190. The van der Waals surface area contributed by atoms with E-state index in [-0.39, 0.29) is 5.41 Å². The number of pyridine rings is 1. The van der Waals surface area contributed by atoms with Crippen molar-refractivity contribution in [3.8, 4) is 22.3 Å². The van der Waals surface area contributed by atoms with E-state index in [0.29, 0.717) is 0 Å². The highest BCUT2D eigenvalue weighted by molar-refractivity contribution is 5.84. The predicted molar refractivity (Wildman–Crippen MR) is 93.8 cm³/mol. The van der Waals surface area contributed by atoms with Crippen LogP contribution in [0.25, 0.3) is 22.3 Å². The molecule has 3 rings (SSSR count). The minimum atomic E-state index is 0.110. The van der Waals surface area contributed by atoms with Crippen LogP contribution in [0.4, 0.5) is 0 Å². The molecule has 0 spiro atoms. The average molecular weight is 287 g/mol. The van der Waals surface area contributed by atoms with Gasteiger partial charge in [0.25, 0.3) is 0 Å². The molecular weight excluding hydrogens is 266 g/mol. The number of aromatic nitrogens is 1. The largest absolute Gasteiger partial charge is 0.264 e. The number of benzene rings is 2. The lowest BCUT2D eigenvalue weighted by atomic mass is 9.80. The lowest BCUT2D eigenvalue weighted by molar-refractivity contribution is 0.592. The maximum absolute atomic E-state index is 4.27. The first-order valence-electron chi connectivity index (χ1n) is 7.67. The smallest absolute Gasteiger partial charge is 0.0346 e. The van der Waals surface area contributed by atoms with Gasteiger partial charge in [-0.05, 0) is 33.7 Å². The predicted octanol–water partition coefficient (Wildman–Crippen LogP) is 5.71. The van der Waals surface area contributed by atoms with E-state index in [0.717, 1.165) is 5.56 Å². The van der Waals surface area contributed by atoms with E-state index in [9.17, 15) is 0 Å². The third-order valence-electron chi connectivity index (χ3n) is 3.92. The highest BCUT2D eigenvalue weighted by Gasteiger charge is 2.19. The molecule has 0 saturated carbocycles. The Kier molecular flexibility index (Phi) is 3.81. The summed E-state index contributed by atoms with van der Waals surface area (Å²) in [6.45, 7) is 6.79. The summed E-state index contributed by atoms with van der Waals surface area (Å²) in [5, 5.41) is 0. The summed E-state index contributed by atoms with van der Waals surface area (Å²) in [6.07, 6.45) is 3.74. The van der Waals surface area contributed by atoms with Gasteiger partial charge in [-0.3, -0.25) is 4.98 Å². The Balaban J connectivity index is 2.24. The van der Waals surface area contributed by atoms with E-state index < -0.39 is 0 Å². The summed E-state index contributed by atoms with van der Waals surface area (Å²) in [7, 11) is 0. The highest BCUT2D eigenvalue weighted by Crippen LogP contribution is 2.37. The Labute approximate surface area is 132 Å². The number of nitrogens with zero attached hydrogens (tertiary/aromatic N) is 1. The summed E-state index contributed by atoms with van der Waals surface area (Å²) >= 11 is 0. The van der Waals surface area contributed by atoms with E-state index in [1.54, 1.807) is 0 Å². The quantitative estimate of drug-likeness (QED) is 0.588. The minimum absolute atomic E-state index is 0.110. The summed E-state index contributed by atoms with van der Waals surface area (Å²) in [5.41, 5.74) is 6.43. The summed E-state index contributed by atoms with van der Waals surface area (Å²) in [6, 6.07) is 21.4. The second-order valence-corrected chi connectivity index (χ2v) is 6.58. The first-order chi connectivity index (χ1) is 10.6. The van der Waals surface area contributed by atoms with Gasteiger partial charge in [0, 0.05) is 18.0 Å². The molecule has 0 aliphatic carbocycles. The number of hydrogen-bond acceptors (Lipinski definition) is 1. The zero-order valence-electron chi connectivity index (χ0n) is 13.4. The molecule has 0 N–H and O–H groups in total. The van der Waals surface area contributed by atoms with Gasteiger partial charge < -0.3 is 0 Å². The topological polar surface area (TPSA) is 12.9 Å². The molecule has 0 bridgehead atoms. The van der Waals surface area contributed by atoms with Crippen molar-refractivity contribution in [2.24, 2.45) is 0 Å². The van der Waals surface area contributed by atoms with Crippen LogP contribution in [-0.4, -0.2) is 4.98 Å². The summed E-state index contributed by atoms with van der Waals surface area (Å²) in [4.78, 5) is 4.27. The Morgan fingerprint density at radius 3 is 1.95 bits per heavy atom. The maximum Gasteiger partial charge on any atom is 0.0346 e. The molecule has 1 heterocycles. The molecule has 1 aromatic heterocycles. The third kappa shape index (κ3) is 2.80. The van der Waals surface area contributed by atoms with Gasteiger partial charge in [0.15, 0.2) is 0 Å². The molecule has 2 aromatic carbocycles. The molecule has 22 heavy (non-hydrogen) atoms. The van der Waals surface area contributed by atoms with Crippen molar-refractivity contribution in [3.05, 3.63) is 78.6 Å². The van der Waals surface area contributed by atoms with Gasteiger partial charge in [0.2, 0.25) is 0 Å². The van der Waals surface area contributed by atoms with Gasteiger partial charge in [-0.2, -0.15) is 0 Å². The molecule has 0 unspecified atom stereocenters. The molecule has 0 saturated heterocycles. The standard InChI is InChI=1S/C21H21N/c1-21(2,3)20-13-7-6-12-19(20)18-11-5-4-10-17(18)16-9-8-14-22-15-16/h4-15H,1-3H3. The zero-order valence-corrected chi connectivity index (χ0v) is 13.4. The Morgan fingerprint density at radius 1 is 0.682 bits per heavy atom. The van der Waals surface area contributed by atoms with Crippen molar-refractivity contribution in [1.29, 1.82) is 0 Å². The molecule has 3 aromatic rings. The molecule has 1 heteroatoms. The van der Waals surface area contributed by atoms with Gasteiger partial charge in [0.05, 0.1) is 0 Å². The van der Waals surface area contributed by atoms with Gasteiger partial charge in [-0.15, -0.1) is 0 Å². The van der Waals surface area contributed by atoms with E-state index in [4.69, 9.17) is 0 Å². The Bertz CT molecular complexity index is 767. The van der Waals surface area contributed by atoms with Gasteiger partial charge >= 0.3 is 0 Å². The molecule has 0 radical (unpaired) electrons. The highest BCUT2D eigenvalue weighted by atomic mass is 14.6. The molecule has 0 atom stereocenters. The van der Waals surface area contributed by atoms with Gasteiger partial charge in [-0.25, -0.2) is 0 Å². The maximum atomic E-state index is 4.27. The van der Waals surface area contributed by atoms with E-state index in [1.807, 2.05) is 18.5 Å². The van der Waals surface area contributed by atoms with E-state index in [1.165, 1.54) is 22.3 Å². The normalized spacial score (nSPS) is 11.4. The van der Waals surface area contributed by atoms with Crippen LogP contribution in [0.3, 0.4) is 0 Å². The first-order valence-corrected chi connectivity index (χ1v) is 7.67. The van der Waals surface area contributed by atoms with Gasteiger partial charge in [0.1, 0.15) is 0 Å². The van der Waals surface area contributed by atoms with Crippen molar-refractivity contribution in [1.82, 2.24) is 4.98 Å². The lowest BCUT2D eigenvalue weighted by Crippen LogP contribution is -2.12. The van der Waals surface area contributed by atoms with Crippen LogP contribution in [0.2, 0.25) is 0 Å². The molecule has 0 fully saturated rings. The van der Waals surface area contributed by atoms with Gasteiger partial charge in [-0.1, -0.05) is 75.4 Å². The van der Waals surface area contributed by atoms with Crippen LogP contribution in [0.1, 0.15) is 26.3 Å². The van der Waals surface area contributed by atoms with Crippen molar-refractivity contribution in [2.45, 2.75) is 26.2 Å². The lowest BCUT2D eigenvalue weighted by Gasteiger charge is -2.24. The summed E-state index contributed by atoms with van der Waals surface area (Å²) < 4.78 is 0. The van der Waals surface area contributed by atoms with Crippen molar-refractivity contribution >= 4 is 0 Å². The fourth-order valence-corrected chi connectivity index (χ4v) is 2.86. The Morgan fingerprint density at radius 2 is 1.32 bits per heavy atom. The second kappa shape index (κ2) is 5.76. The van der Waals surface area contributed by atoms with Crippen LogP contribution >= 0.6 is 0 Å². The number of rotatable bonds is 2. The molecular formula is C21H21N. The summed E-state index contributed by atoms with van der Waals surface area (Å²) in [5.74, 6) is 0. The molecule has 1 nitrogen and oxygen atoms in total. The Hall–Kier alpha value is -2.41. The van der Waals surface area contributed by atoms with Crippen LogP contribution in [-0.2, 0) is 5.41 Å². The molecule has 0 aliphatic heterocycles. The van der Waals surface area contributed by atoms with Crippen LogP contribution in [0, 0.1) is 0 Å². The van der Waals surface area contributed by atoms with Crippen molar-refractivity contribution in [3.63, 3.8) is 0 Å². The van der Waals surface area contributed by atoms with Crippen LogP contribution in [0.5, 0.6) is 0 Å². The van der Waals surface area contributed by atoms with E-state index in [2.05, 4.69) is 80.4 Å². The monoisotopic (exact) mass is 287 g/mol. The molecule has 0 aliphatic rings. The minimum Gasteiger partial charge on any atom is -0.264 e.